The van der Waals surface area contributed by atoms with Crippen LogP contribution in [0.25, 0.3) is 22.3 Å². The Hall–Kier alpha value is -3.63. The lowest BCUT2D eigenvalue weighted by Crippen LogP contribution is -2.44. The van der Waals surface area contributed by atoms with E-state index >= 15 is 0 Å². The first-order valence-electron chi connectivity index (χ1n) is 11.5. The van der Waals surface area contributed by atoms with E-state index < -0.39 is 10.4 Å². The number of fused-ring (bicyclic) bond motifs is 1. The Kier molecular flexibility index (Phi) is 7.52. The number of nitro benzene ring substituents is 1. The molecular weight excluding hydrogens is 454 g/mol. The smallest absolute Gasteiger partial charge is 0.269 e. The molecule has 0 spiro atoms. The predicted octanol–water partition coefficient (Wildman–Crippen LogP) is 3.49. The van der Waals surface area contributed by atoms with Crippen LogP contribution in [0.4, 0.5) is 5.69 Å². The van der Waals surface area contributed by atoms with E-state index in [1.54, 1.807) is 0 Å². The van der Waals surface area contributed by atoms with Crippen LogP contribution in [0.15, 0.2) is 45.6 Å². The average molecular weight is 484 g/mol. The zero-order chi connectivity index (χ0) is 24.9. The van der Waals surface area contributed by atoms with Gasteiger partial charge in [-0.25, -0.2) is 0 Å². The molecule has 0 saturated carbocycles. The molecule has 0 unspecified atom stereocenters. The van der Waals surface area contributed by atoms with Crippen LogP contribution in [0.3, 0.4) is 0 Å². The first-order chi connectivity index (χ1) is 16.9. The van der Waals surface area contributed by atoms with Gasteiger partial charge >= 0.3 is 0 Å². The van der Waals surface area contributed by atoms with Gasteiger partial charge in [-0.1, -0.05) is 0 Å². The zero-order valence-electron chi connectivity index (χ0n) is 19.9. The molecule has 1 saturated heterocycles. The summed E-state index contributed by atoms with van der Waals surface area (Å²) in [6.07, 6.45) is 1.80. The summed E-state index contributed by atoms with van der Waals surface area (Å²) in [6.45, 7) is 5.72. The molecule has 35 heavy (non-hydrogen) atoms. The number of aromatic hydroxyl groups is 1. The number of methoxy groups -OCH3 is 1. The van der Waals surface area contributed by atoms with Gasteiger partial charge < -0.3 is 28.8 Å². The molecule has 1 aliphatic heterocycles. The molecule has 2 heterocycles. The maximum Gasteiger partial charge on any atom is 0.269 e. The van der Waals surface area contributed by atoms with Crippen molar-refractivity contribution >= 4 is 16.7 Å². The molecule has 0 amide bonds. The first-order valence-corrected chi connectivity index (χ1v) is 11.5. The highest BCUT2D eigenvalue weighted by atomic mass is 16.6. The molecule has 3 aromatic rings. The minimum atomic E-state index is -0.504. The van der Waals surface area contributed by atoms with Crippen LogP contribution >= 0.6 is 0 Å². The molecule has 1 N–H and O–H groups in total. The first kappa shape index (κ1) is 24.5. The lowest BCUT2D eigenvalue weighted by molar-refractivity contribution is -0.384. The number of likely N-dealkylation sites (N-methyl/N-ethyl adjacent to an activating group) is 1. The maximum atomic E-state index is 12.8. The lowest BCUT2D eigenvalue weighted by atomic mass is 10.1. The van der Waals surface area contributed by atoms with Crippen LogP contribution in [-0.4, -0.2) is 73.3 Å². The zero-order valence-corrected chi connectivity index (χ0v) is 19.9. The third-order valence-electron chi connectivity index (χ3n) is 6.19. The molecule has 0 radical (unpaired) electrons. The van der Waals surface area contributed by atoms with E-state index in [1.165, 1.54) is 43.5 Å². The van der Waals surface area contributed by atoms with Gasteiger partial charge in [0.2, 0.25) is 5.75 Å². The Morgan fingerprint density at radius 1 is 1.11 bits per heavy atom. The van der Waals surface area contributed by atoms with Gasteiger partial charge in [0.15, 0.2) is 16.8 Å². The fourth-order valence-electron chi connectivity index (χ4n) is 4.15. The van der Waals surface area contributed by atoms with Gasteiger partial charge in [0.05, 0.1) is 18.6 Å². The Labute approximate surface area is 202 Å². The summed E-state index contributed by atoms with van der Waals surface area (Å²) < 4.78 is 17.3. The SMILES string of the molecule is COc1c(OCCCCN2CCN(C)CC2)cc(O)c2c(=O)cc(-c3ccc([N+](=O)[O-])cc3)oc12. The Bertz CT molecular complexity index is 1250. The molecule has 0 bridgehead atoms. The highest BCUT2D eigenvalue weighted by Gasteiger charge is 2.21. The third-order valence-corrected chi connectivity index (χ3v) is 6.19. The van der Waals surface area contributed by atoms with E-state index in [-0.39, 0.29) is 39.7 Å². The van der Waals surface area contributed by atoms with Crippen molar-refractivity contribution in [1.29, 1.82) is 0 Å². The van der Waals surface area contributed by atoms with Crippen molar-refractivity contribution in [3.05, 3.63) is 56.7 Å². The monoisotopic (exact) mass is 483 g/mol. The minimum Gasteiger partial charge on any atom is -0.507 e. The Balaban J connectivity index is 1.52. The van der Waals surface area contributed by atoms with Crippen molar-refractivity contribution in [1.82, 2.24) is 9.80 Å². The van der Waals surface area contributed by atoms with Crippen LogP contribution in [0.5, 0.6) is 17.2 Å². The number of phenolic OH excluding ortho intramolecular Hbond substituents is 1. The second-order valence-electron chi connectivity index (χ2n) is 8.61. The van der Waals surface area contributed by atoms with Crippen LogP contribution in [-0.2, 0) is 0 Å². The van der Waals surface area contributed by atoms with E-state index in [2.05, 4.69) is 16.8 Å². The number of hydrogen-bond acceptors (Lipinski definition) is 9. The number of rotatable bonds is 9. The van der Waals surface area contributed by atoms with Crippen molar-refractivity contribution in [2.75, 3.05) is 53.5 Å². The number of benzene rings is 2. The number of non-ortho nitro benzene ring substituents is 1. The standard InChI is InChI=1S/C25H29N3O7/c1-26-10-12-27(13-11-26)9-3-4-14-34-22-16-20(30)23-19(29)15-21(35-25(23)24(22)33-2)17-5-7-18(8-6-17)28(31)32/h5-8,15-16,30H,3-4,9-14H2,1-2H3. The molecule has 186 valence electrons. The van der Waals surface area contributed by atoms with E-state index in [0.29, 0.717) is 12.2 Å². The molecule has 2 aromatic carbocycles. The van der Waals surface area contributed by atoms with Gasteiger partial charge in [-0.05, 0) is 38.6 Å². The largest absolute Gasteiger partial charge is 0.507 e. The number of hydrogen-bond donors (Lipinski definition) is 1. The van der Waals surface area contributed by atoms with E-state index in [9.17, 15) is 20.0 Å². The molecule has 1 fully saturated rings. The number of piperazine rings is 1. The highest BCUT2D eigenvalue weighted by Crippen LogP contribution is 2.41. The number of phenols is 1. The number of nitro groups is 1. The summed E-state index contributed by atoms with van der Waals surface area (Å²) >= 11 is 0. The van der Waals surface area contributed by atoms with E-state index in [4.69, 9.17) is 13.9 Å². The van der Waals surface area contributed by atoms with Gasteiger partial charge in [0.1, 0.15) is 16.9 Å². The molecular formula is C25H29N3O7. The lowest BCUT2D eigenvalue weighted by Gasteiger charge is -2.32. The van der Waals surface area contributed by atoms with Crippen molar-refractivity contribution in [2.45, 2.75) is 12.8 Å². The van der Waals surface area contributed by atoms with Crippen LogP contribution < -0.4 is 14.9 Å². The van der Waals surface area contributed by atoms with Gasteiger partial charge in [-0.3, -0.25) is 14.9 Å². The Morgan fingerprint density at radius 2 is 1.83 bits per heavy atom. The van der Waals surface area contributed by atoms with E-state index in [1.807, 2.05) is 0 Å². The quantitative estimate of drug-likeness (QED) is 0.277. The summed E-state index contributed by atoms with van der Waals surface area (Å²) in [4.78, 5) is 28.0. The molecule has 0 aliphatic carbocycles. The molecule has 10 heteroatoms. The van der Waals surface area contributed by atoms with Crippen LogP contribution in [0.1, 0.15) is 12.8 Å². The highest BCUT2D eigenvalue weighted by molar-refractivity contribution is 5.91. The molecule has 0 atom stereocenters. The molecule has 1 aromatic heterocycles. The van der Waals surface area contributed by atoms with Gasteiger partial charge in [-0.2, -0.15) is 0 Å². The second-order valence-corrected chi connectivity index (χ2v) is 8.61. The third kappa shape index (κ3) is 5.55. The van der Waals surface area contributed by atoms with Crippen molar-refractivity contribution in [3.63, 3.8) is 0 Å². The summed E-state index contributed by atoms with van der Waals surface area (Å²) in [6, 6.07) is 8.25. The minimum absolute atomic E-state index is 0.0186. The summed E-state index contributed by atoms with van der Waals surface area (Å²) in [5.74, 6) is 0.412. The molecule has 4 rings (SSSR count). The maximum absolute atomic E-state index is 12.8. The molecule has 1 aliphatic rings. The average Bonchev–Trinajstić information content (AvgIpc) is 2.84. The topological polar surface area (TPSA) is 119 Å². The van der Waals surface area contributed by atoms with Crippen molar-refractivity contribution < 1.29 is 23.9 Å². The van der Waals surface area contributed by atoms with Crippen LogP contribution in [0.2, 0.25) is 0 Å². The summed E-state index contributed by atoms with van der Waals surface area (Å²) in [7, 11) is 3.57. The molecule has 10 nitrogen and oxygen atoms in total. The Morgan fingerprint density at radius 3 is 2.49 bits per heavy atom. The van der Waals surface area contributed by atoms with Crippen LogP contribution in [0, 0.1) is 10.1 Å². The number of nitrogens with zero attached hydrogens (tertiary/aromatic N) is 3. The van der Waals surface area contributed by atoms with Crippen molar-refractivity contribution in [2.24, 2.45) is 0 Å². The van der Waals surface area contributed by atoms with Gasteiger partial charge in [0, 0.05) is 56.0 Å². The van der Waals surface area contributed by atoms with Gasteiger partial charge in [0.25, 0.3) is 5.69 Å². The normalized spacial score (nSPS) is 14.8. The summed E-state index contributed by atoms with van der Waals surface area (Å²) in [5.41, 5.74) is -0.00305. The van der Waals surface area contributed by atoms with E-state index in [0.717, 1.165) is 45.6 Å². The van der Waals surface area contributed by atoms with Crippen molar-refractivity contribution in [3.8, 4) is 28.6 Å². The predicted molar refractivity (Wildman–Crippen MR) is 131 cm³/mol. The summed E-state index contributed by atoms with van der Waals surface area (Å²) in [5, 5.41) is 21.4. The second kappa shape index (κ2) is 10.7. The number of ether oxygens (including phenoxy) is 2. The number of unbranched alkanes of at least 4 members (excludes halogenated alkanes) is 1. The van der Waals surface area contributed by atoms with Gasteiger partial charge in [-0.15, -0.1) is 0 Å². The fraction of sp³-hybridized carbons (Fsp3) is 0.400. The fourth-order valence-corrected chi connectivity index (χ4v) is 4.15.